The van der Waals surface area contributed by atoms with Crippen LogP contribution in [0.25, 0.3) is 0 Å². The molecule has 0 radical (unpaired) electrons. The Morgan fingerprint density at radius 3 is 2.71 bits per heavy atom. The number of unbranched alkanes of at least 4 members (excludes halogenated alkanes) is 1. The van der Waals surface area contributed by atoms with Gasteiger partial charge in [-0.1, -0.05) is 13.3 Å². The lowest BCUT2D eigenvalue weighted by Gasteiger charge is -1.94. The average molecular weight is 118 g/mol. The molecule has 0 unspecified atom stereocenters. The number of ether oxygens (including phenoxy) is 1. The van der Waals surface area contributed by atoms with Gasteiger partial charge in [-0.05, 0) is 6.42 Å². The molecular weight excluding hydrogens is 104 g/mol. The average Bonchev–Trinajstić information content (AvgIpc) is 1.69. The highest BCUT2D eigenvalue weighted by atomic mass is 28.1. The van der Waals surface area contributed by atoms with Gasteiger partial charge in [-0.2, -0.15) is 0 Å². The maximum absolute atomic E-state index is 5.14. The monoisotopic (exact) mass is 118 g/mol. The zero-order valence-electron chi connectivity index (χ0n) is 5.24. The zero-order chi connectivity index (χ0) is 5.54. The lowest BCUT2D eigenvalue weighted by Crippen LogP contribution is -1.94. The van der Waals surface area contributed by atoms with Crippen molar-refractivity contribution < 1.29 is 4.74 Å². The second-order valence-electron chi connectivity index (χ2n) is 1.55. The molecule has 0 atom stereocenters. The van der Waals surface area contributed by atoms with Crippen LogP contribution in [0.1, 0.15) is 19.8 Å². The molecule has 0 bridgehead atoms. The summed E-state index contributed by atoms with van der Waals surface area (Å²) in [6.45, 7) is 3.15. The Hall–Kier alpha value is 0.177. The van der Waals surface area contributed by atoms with Crippen molar-refractivity contribution in [1.82, 2.24) is 0 Å². The summed E-state index contributed by atoms with van der Waals surface area (Å²) in [5.41, 5.74) is 0. The first-order valence-corrected chi connectivity index (χ1v) is 4.41. The minimum Gasteiger partial charge on any atom is -0.386 e. The summed E-state index contributed by atoms with van der Waals surface area (Å²) in [6.07, 6.45) is 3.48. The van der Waals surface area contributed by atoms with Crippen molar-refractivity contribution in [3.8, 4) is 0 Å². The molecule has 0 saturated heterocycles. The molecule has 0 fully saturated rings. The van der Waals surface area contributed by atoms with Crippen LogP contribution in [0.15, 0.2) is 0 Å². The first-order valence-electron chi connectivity index (χ1n) is 2.99. The Morgan fingerprint density at radius 2 is 2.29 bits per heavy atom. The van der Waals surface area contributed by atoms with Crippen LogP contribution < -0.4 is 0 Å². The molecule has 0 aliphatic carbocycles. The van der Waals surface area contributed by atoms with Crippen molar-refractivity contribution >= 4 is 10.2 Å². The Morgan fingerprint density at radius 1 is 1.57 bits per heavy atom. The molecule has 44 valence electrons. The summed E-state index contributed by atoms with van der Waals surface area (Å²) in [5, 5.41) is 0. The fourth-order valence-corrected chi connectivity index (χ4v) is 0.679. The number of hydrogen-bond acceptors (Lipinski definition) is 1. The predicted molar refractivity (Wildman–Crippen MR) is 35.7 cm³/mol. The Kier molecular flexibility index (Phi) is 6.33. The smallest absolute Gasteiger partial charge is 0.0461 e. The first-order chi connectivity index (χ1) is 3.41. The third-order valence-electron chi connectivity index (χ3n) is 0.846. The van der Waals surface area contributed by atoms with Crippen LogP contribution >= 0.6 is 0 Å². The van der Waals surface area contributed by atoms with E-state index in [9.17, 15) is 0 Å². The standard InChI is InChI=1S/C5H14OSi/c1-2-3-4-6-5-7/h2-5H2,1,7H3. The van der Waals surface area contributed by atoms with Crippen molar-refractivity contribution in [1.29, 1.82) is 0 Å². The third-order valence-corrected chi connectivity index (χ3v) is 1.25. The van der Waals surface area contributed by atoms with Crippen LogP contribution in [-0.2, 0) is 4.74 Å². The summed E-state index contributed by atoms with van der Waals surface area (Å²) >= 11 is 0. The van der Waals surface area contributed by atoms with Crippen molar-refractivity contribution in [2.75, 3.05) is 12.8 Å². The third kappa shape index (κ3) is 6.18. The molecule has 0 aromatic heterocycles. The van der Waals surface area contributed by atoms with E-state index < -0.39 is 0 Å². The lowest BCUT2D eigenvalue weighted by molar-refractivity contribution is 0.175. The molecule has 0 amide bonds. The number of hydrogen-bond donors (Lipinski definition) is 0. The SMILES string of the molecule is CCCCOC[SiH3]. The second-order valence-corrected chi connectivity index (χ2v) is 2.13. The molecule has 2 heteroatoms. The summed E-state index contributed by atoms with van der Waals surface area (Å²) in [7, 11) is 1.18. The van der Waals surface area contributed by atoms with E-state index in [0.29, 0.717) is 0 Å². The topological polar surface area (TPSA) is 9.23 Å². The maximum atomic E-state index is 5.14. The maximum Gasteiger partial charge on any atom is 0.0461 e. The molecule has 0 heterocycles. The van der Waals surface area contributed by atoms with Crippen LogP contribution in [0.4, 0.5) is 0 Å². The van der Waals surface area contributed by atoms with E-state index in [0.717, 1.165) is 12.8 Å². The molecule has 0 aromatic rings. The van der Waals surface area contributed by atoms with E-state index in [1.807, 2.05) is 0 Å². The number of rotatable bonds is 4. The molecule has 0 spiro atoms. The van der Waals surface area contributed by atoms with Gasteiger partial charge in [0, 0.05) is 23.1 Å². The summed E-state index contributed by atoms with van der Waals surface area (Å²) in [5.74, 6) is 0. The van der Waals surface area contributed by atoms with Crippen LogP contribution in [0.3, 0.4) is 0 Å². The van der Waals surface area contributed by atoms with Gasteiger partial charge in [0.25, 0.3) is 0 Å². The highest BCUT2D eigenvalue weighted by molar-refractivity contribution is 6.08. The Balaban J connectivity index is 2.45. The highest BCUT2D eigenvalue weighted by Crippen LogP contribution is 1.84. The predicted octanol–water partition coefficient (Wildman–Crippen LogP) is 0.126. The van der Waals surface area contributed by atoms with Crippen LogP contribution in [-0.4, -0.2) is 23.1 Å². The molecule has 0 aliphatic heterocycles. The normalized spacial score (nSPS) is 9.86. The van der Waals surface area contributed by atoms with Crippen molar-refractivity contribution in [2.24, 2.45) is 0 Å². The van der Waals surface area contributed by atoms with Gasteiger partial charge >= 0.3 is 0 Å². The molecule has 0 aliphatic rings. The molecule has 0 aromatic carbocycles. The minimum atomic E-state index is 0.972. The van der Waals surface area contributed by atoms with E-state index >= 15 is 0 Å². The largest absolute Gasteiger partial charge is 0.386 e. The van der Waals surface area contributed by atoms with Gasteiger partial charge in [0.15, 0.2) is 0 Å². The molecule has 0 rings (SSSR count). The Labute approximate surface area is 48.5 Å². The molecule has 0 N–H and O–H groups in total. The molecule has 1 nitrogen and oxygen atoms in total. The molecule has 7 heavy (non-hydrogen) atoms. The van der Waals surface area contributed by atoms with Crippen molar-refractivity contribution in [2.45, 2.75) is 19.8 Å². The summed E-state index contributed by atoms with van der Waals surface area (Å²) < 4.78 is 5.14. The van der Waals surface area contributed by atoms with E-state index in [4.69, 9.17) is 4.74 Å². The van der Waals surface area contributed by atoms with Crippen LogP contribution in [0.2, 0.25) is 0 Å². The fourth-order valence-electron chi connectivity index (χ4n) is 0.391. The lowest BCUT2D eigenvalue weighted by atomic mass is 10.4. The van der Waals surface area contributed by atoms with E-state index in [1.54, 1.807) is 0 Å². The van der Waals surface area contributed by atoms with Gasteiger partial charge in [-0.25, -0.2) is 0 Å². The summed E-state index contributed by atoms with van der Waals surface area (Å²) in [6, 6.07) is 0. The van der Waals surface area contributed by atoms with Gasteiger partial charge in [-0.3, -0.25) is 0 Å². The fraction of sp³-hybridized carbons (Fsp3) is 1.00. The van der Waals surface area contributed by atoms with Crippen molar-refractivity contribution in [3.63, 3.8) is 0 Å². The molecule has 0 saturated carbocycles. The van der Waals surface area contributed by atoms with Crippen LogP contribution in [0.5, 0.6) is 0 Å². The highest BCUT2D eigenvalue weighted by Gasteiger charge is 1.78. The van der Waals surface area contributed by atoms with E-state index in [-0.39, 0.29) is 0 Å². The van der Waals surface area contributed by atoms with Gasteiger partial charge < -0.3 is 4.74 Å². The van der Waals surface area contributed by atoms with E-state index in [2.05, 4.69) is 6.92 Å². The van der Waals surface area contributed by atoms with Crippen LogP contribution in [0, 0.1) is 0 Å². The van der Waals surface area contributed by atoms with Crippen molar-refractivity contribution in [3.05, 3.63) is 0 Å². The van der Waals surface area contributed by atoms with Gasteiger partial charge in [0.2, 0.25) is 0 Å². The van der Waals surface area contributed by atoms with Gasteiger partial charge in [0.05, 0.1) is 0 Å². The second kappa shape index (κ2) is 6.18. The molecular formula is C5H14OSi. The minimum absolute atomic E-state index is 0.972. The zero-order valence-corrected chi connectivity index (χ0v) is 7.24. The first kappa shape index (κ1) is 7.18. The van der Waals surface area contributed by atoms with Gasteiger partial charge in [0.1, 0.15) is 0 Å². The Bertz CT molecular complexity index is 27.3. The van der Waals surface area contributed by atoms with E-state index in [1.165, 1.54) is 23.1 Å². The summed E-state index contributed by atoms with van der Waals surface area (Å²) in [4.78, 5) is 0. The quantitative estimate of drug-likeness (QED) is 0.376. The van der Waals surface area contributed by atoms with Gasteiger partial charge in [-0.15, -0.1) is 0 Å².